The molecular formula is C88H131N25O25S2. The predicted molar refractivity (Wildman–Crippen MR) is 507 cm³/mol. The number of aromatic nitrogens is 3. The number of benzene rings is 2. The number of H-pyrrole nitrogens is 2. The number of rotatable bonds is 58. The third kappa shape index (κ3) is 36.7. The highest BCUT2D eigenvalue weighted by atomic mass is 32.1. The molecule has 0 unspecified atom stereocenters. The van der Waals surface area contributed by atoms with Crippen LogP contribution in [0.5, 0.6) is 0 Å². The second-order valence-electron chi connectivity index (χ2n) is 34.5. The highest BCUT2D eigenvalue weighted by molar-refractivity contribution is 7.80. The number of aliphatic hydroxyl groups excluding tert-OH is 3. The maximum atomic E-state index is 15.0. The minimum Gasteiger partial charge on any atom is -0.480 e. The lowest BCUT2D eigenvalue weighted by Gasteiger charge is -2.31. The molecule has 6 rings (SSSR count). The molecule has 52 heteroatoms. The molecule has 2 aromatic carbocycles. The van der Waals surface area contributed by atoms with Gasteiger partial charge in [-0.3, -0.25) is 101 Å². The zero-order chi connectivity index (χ0) is 104. The Hall–Kier alpha value is -13.4. The van der Waals surface area contributed by atoms with Gasteiger partial charge in [0.05, 0.1) is 51.3 Å². The quantitative estimate of drug-likeness (QED) is 0.0144. The number of aromatic amines is 2. The van der Waals surface area contributed by atoms with Crippen LogP contribution in [0.4, 0.5) is 0 Å². The number of hydrogen-bond donors (Lipinski definition) is 28. The van der Waals surface area contributed by atoms with E-state index < -0.39 is 284 Å². The minimum atomic E-state index is -1.86. The molecule has 20 amide bonds. The van der Waals surface area contributed by atoms with Crippen molar-refractivity contribution in [2.75, 3.05) is 70.5 Å². The average Bonchev–Trinajstić information content (AvgIpc) is 1.67. The number of fused-ring (bicyclic) bond motifs is 1. The second-order valence-corrected chi connectivity index (χ2v) is 35.3. The molecule has 2 fully saturated rings. The number of likely N-dealkylation sites (tertiary alicyclic amines) is 2. The molecule has 2 aliphatic rings. The van der Waals surface area contributed by atoms with Crippen molar-refractivity contribution in [1.29, 1.82) is 0 Å². The Morgan fingerprint density at radius 1 is 0.471 bits per heavy atom. The number of imidazole rings is 1. The number of nitrogens with zero attached hydrogens (tertiary/aromatic N) is 3. The summed E-state index contributed by atoms with van der Waals surface area (Å²) < 4.78 is 0. The van der Waals surface area contributed by atoms with E-state index in [0.29, 0.717) is 34.1 Å². The van der Waals surface area contributed by atoms with Crippen molar-refractivity contribution in [3.63, 3.8) is 0 Å². The zero-order valence-corrected chi connectivity index (χ0v) is 80.5. The lowest BCUT2D eigenvalue weighted by molar-refractivity contribution is -0.142. The standard InChI is InChI=1S/C88H131N25O25S2/c1-44(2)29-56(104-83(133)63-22-15-27-112(63)69(121)38-97-76(126)57(30-49-17-9-8-10-18-49)102-77(127)59(32-51-35-92-43-98-51)103-82(132)61(41-139)107-80(130)60(40-114)106-74(124)46(5)99-86(136)72(47(6)115)109-68(120)37-94-66(118)33-90)78(128)111-73(48(7)116)87(137)105-58(31-50-34-93-53-20-12-11-19-52(50)53)79(129)110-71(45(3)4)85(135)108-62(42-140)81(131)101-55(21-13-14-26-89)88(138)113-28-16-23-64(113)84(134)100-54(24-25-65(91)117)75(125)96-36-67(119)95-39-70(122)123/h8-12,17-20,34-35,43-48,54-64,71-73,93,114-116,139-140H,13-16,21-33,36-42,89-90H2,1-7H3,(H2,91,117)(H,92,98)(H,94,118)(H,95,119)(H,96,125)(H,97,126)(H,99,136)(H,100,134)(H,101,131)(H,102,127)(H,103,132)(H,104,133)(H,105,137)(H,106,124)(H,107,130)(H,108,135)(H,109,120)(H,110,129)(H,111,128)(H,122,123)/t46-,47+,48+,54-,55-,56-,57-,58-,59-,60-,61-,62-,63-,64-,71-,72-,73-/m0/s1. The van der Waals surface area contributed by atoms with Crippen LogP contribution in [0.15, 0.2) is 73.3 Å². The van der Waals surface area contributed by atoms with Gasteiger partial charge < -0.3 is 148 Å². The Bertz CT molecular complexity index is 4970. The monoisotopic (exact) mass is 2000 g/mol. The first kappa shape index (κ1) is 115. The fourth-order valence-corrected chi connectivity index (χ4v) is 15.6. The summed E-state index contributed by atoms with van der Waals surface area (Å²) in [6, 6.07) is -7.50. The first-order valence-corrected chi connectivity index (χ1v) is 47.0. The van der Waals surface area contributed by atoms with Crippen LogP contribution in [-0.4, -0.2) is 343 Å². The smallest absolute Gasteiger partial charge is 0.322 e. The van der Waals surface area contributed by atoms with Gasteiger partial charge in [0.1, 0.15) is 97.2 Å². The van der Waals surface area contributed by atoms with Gasteiger partial charge in [0.25, 0.3) is 0 Å². The van der Waals surface area contributed by atoms with Gasteiger partial charge in [-0.25, -0.2) is 4.98 Å². The summed E-state index contributed by atoms with van der Waals surface area (Å²) in [7, 11) is 0. The largest absolute Gasteiger partial charge is 0.480 e. The molecular weight excluding hydrogens is 1870 g/mol. The van der Waals surface area contributed by atoms with E-state index in [-0.39, 0.29) is 102 Å². The van der Waals surface area contributed by atoms with E-state index in [9.17, 15) is 116 Å². The van der Waals surface area contributed by atoms with Gasteiger partial charge in [-0.05, 0) is 114 Å². The Morgan fingerprint density at radius 2 is 0.964 bits per heavy atom. The normalized spacial score (nSPS) is 16.6. The molecule has 0 aliphatic carbocycles. The number of para-hydroxylation sites is 1. The number of primary amides is 1. The highest BCUT2D eigenvalue weighted by Gasteiger charge is 2.44. The molecule has 140 heavy (non-hydrogen) atoms. The molecule has 4 aromatic rings. The van der Waals surface area contributed by atoms with Gasteiger partial charge in [0.15, 0.2) is 0 Å². The number of nitrogens with two attached hydrogens (primary N) is 3. The van der Waals surface area contributed by atoms with E-state index in [1.54, 1.807) is 88.5 Å². The topological polar surface area (TPSA) is 773 Å². The van der Waals surface area contributed by atoms with Crippen molar-refractivity contribution >= 4 is 160 Å². The fraction of sp³-hybridized carbons (Fsp3) is 0.568. The number of hydrogen-bond acceptors (Lipinski definition) is 29. The summed E-state index contributed by atoms with van der Waals surface area (Å²) in [5, 5.41) is 83.1. The number of amides is 20. The first-order chi connectivity index (χ1) is 66.4. The van der Waals surface area contributed by atoms with Crippen molar-refractivity contribution in [3.8, 4) is 0 Å². The van der Waals surface area contributed by atoms with Crippen LogP contribution in [-0.2, 0) is 120 Å². The van der Waals surface area contributed by atoms with Gasteiger partial charge in [-0.1, -0.05) is 76.2 Å². The number of thiol groups is 2. The Labute approximate surface area is 817 Å². The first-order valence-electron chi connectivity index (χ1n) is 45.7. The zero-order valence-electron chi connectivity index (χ0n) is 78.7. The molecule has 0 saturated carbocycles. The van der Waals surface area contributed by atoms with Crippen LogP contribution < -0.4 is 108 Å². The van der Waals surface area contributed by atoms with E-state index in [1.165, 1.54) is 36.2 Å². The highest BCUT2D eigenvalue weighted by Crippen LogP contribution is 2.24. The van der Waals surface area contributed by atoms with Crippen LogP contribution in [0.2, 0.25) is 0 Å². The summed E-state index contributed by atoms with van der Waals surface area (Å²) in [4.78, 5) is 299. The molecule has 29 N–H and O–H groups in total. The minimum absolute atomic E-state index is 0.00537. The fourth-order valence-electron chi connectivity index (χ4n) is 15.1. The number of nitrogens with one attached hydrogen (secondary N) is 19. The van der Waals surface area contributed by atoms with Crippen LogP contribution in [0.1, 0.15) is 129 Å². The summed E-state index contributed by atoms with van der Waals surface area (Å²) >= 11 is 8.60. The number of unbranched alkanes of at least 4 members (excludes halogenated alkanes) is 1. The number of aliphatic carboxylic acids is 1. The maximum absolute atomic E-state index is 15.0. The van der Waals surface area contributed by atoms with Crippen molar-refractivity contribution in [3.05, 3.63) is 90.1 Å². The summed E-state index contributed by atoms with van der Waals surface area (Å²) in [6.07, 6.45) is 0.718. The summed E-state index contributed by atoms with van der Waals surface area (Å²) in [6.45, 7) is 5.99. The maximum Gasteiger partial charge on any atom is 0.322 e. The number of carboxylic acid groups (broad SMARTS) is 1. The van der Waals surface area contributed by atoms with E-state index in [4.69, 9.17) is 22.3 Å². The Balaban J connectivity index is 1.13. The van der Waals surface area contributed by atoms with E-state index in [1.807, 2.05) is 0 Å². The van der Waals surface area contributed by atoms with Crippen LogP contribution in [0.3, 0.4) is 0 Å². The van der Waals surface area contributed by atoms with Gasteiger partial charge in [0, 0.05) is 79.3 Å². The van der Waals surface area contributed by atoms with E-state index >= 15 is 0 Å². The molecule has 770 valence electrons. The SMILES string of the molecule is CC(C)C[C@H](NC(=O)[C@@H]1CCCN1C(=O)CNC(=O)[C@H](Cc1ccccc1)NC(=O)[C@H](Cc1cnc[nH]1)NC(=O)[C@H](CS)NC(=O)[C@H](CO)NC(=O)[C@H](C)NC(=O)[C@@H](NC(=O)CNC(=O)CN)[C@@H](C)O)C(=O)N[C@H](C(=O)N[C@@H](Cc1c[nH]c2ccccc12)C(=O)N[C@H](C(=O)N[C@@H](CS)C(=O)N[C@@H](CCCCN)C(=O)N1CCC[C@H]1C(=O)N[C@@H](CCC(N)=O)C(=O)NCC(=O)NCC(=O)O)C(C)C)[C@@H](C)O. The molecule has 17 atom stereocenters. The molecule has 50 nitrogen and oxygen atoms in total. The van der Waals surface area contributed by atoms with Gasteiger partial charge >= 0.3 is 5.97 Å². The molecule has 0 radical (unpaired) electrons. The van der Waals surface area contributed by atoms with Gasteiger partial charge in [-0.2, -0.15) is 25.3 Å². The van der Waals surface area contributed by atoms with Crippen LogP contribution in [0, 0.1) is 11.8 Å². The molecule has 4 heterocycles. The molecule has 2 aromatic heterocycles. The Morgan fingerprint density at radius 3 is 1.55 bits per heavy atom. The van der Waals surface area contributed by atoms with E-state index in [2.05, 4.69) is 131 Å². The van der Waals surface area contributed by atoms with Gasteiger partial charge in [0.2, 0.25) is 118 Å². The molecule has 0 bridgehead atoms. The molecule has 0 spiro atoms. The number of carbonyl (C=O) groups is 21. The van der Waals surface area contributed by atoms with Crippen LogP contribution in [0.25, 0.3) is 10.9 Å². The molecule has 2 aliphatic heterocycles. The number of aliphatic hydroxyl groups is 3. The predicted octanol–water partition coefficient (Wildman–Crippen LogP) is -9.56. The van der Waals surface area contributed by atoms with E-state index in [0.717, 1.165) is 6.92 Å². The number of carbonyl (C=O) groups excluding carboxylic acids is 20. The average molecular weight is 2000 g/mol. The molecule has 2 saturated heterocycles. The second kappa shape index (κ2) is 57.8. The summed E-state index contributed by atoms with van der Waals surface area (Å²) in [5.74, 6) is -21.8. The third-order valence-corrected chi connectivity index (χ3v) is 23.4. The lowest BCUT2D eigenvalue weighted by atomic mass is 9.99. The van der Waals surface area contributed by atoms with Gasteiger partial charge in [-0.15, -0.1) is 0 Å². The van der Waals surface area contributed by atoms with Crippen LogP contribution >= 0.6 is 25.3 Å². The third-order valence-electron chi connectivity index (χ3n) is 22.7. The van der Waals surface area contributed by atoms with Crippen molar-refractivity contribution < 1.29 is 121 Å². The van der Waals surface area contributed by atoms with Crippen molar-refractivity contribution in [1.82, 2.24) is 115 Å². The summed E-state index contributed by atoms with van der Waals surface area (Å²) in [5.41, 5.74) is 18.3. The van der Waals surface area contributed by atoms with Crippen molar-refractivity contribution in [2.45, 2.75) is 235 Å². The number of carboxylic acids is 1. The Kier molecular flexibility index (Phi) is 47.6. The van der Waals surface area contributed by atoms with Crippen molar-refractivity contribution in [2.24, 2.45) is 29.0 Å². The lowest BCUT2D eigenvalue weighted by Crippen LogP contribution is -2.62.